The van der Waals surface area contributed by atoms with Gasteiger partial charge in [-0.2, -0.15) is 8.78 Å². The first-order valence-electron chi connectivity index (χ1n) is 8.24. The smallest absolute Gasteiger partial charge is 0.387 e. The van der Waals surface area contributed by atoms with Gasteiger partial charge in [0, 0.05) is 18.7 Å². The highest BCUT2D eigenvalue weighted by Crippen LogP contribution is 2.27. The van der Waals surface area contributed by atoms with Crippen molar-refractivity contribution in [3.63, 3.8) is 0 Å². The Labute approximate surface area is 158 Å². The van der Waals surface area contributed by atoms with Gasteiger partial charge in [-0.1, -0.05) is 11.8 Å². The minimum atomic E-state index is -2.89. The zero-order chi connectivity index (χ0) is 19.4. The van der Waals surface area contributed by atoms with Gasteiger partial charge in [0.1, 0.15) is 5.75 Å². The molecule has 0 radical (unpaired) electrons. The summed E-state index contributed by atoms with van der Waals surface area (Å²) in [5.41, 5.74) is 0.589. The molecule has 0 aliphatic carbocycles. The van der Waals surface area contributed by atoms with Crippen LogP contribution in [0.2, 0.25) is 0 Å². The Morgan fingerprint density at radius 2 is 1.93 bits per heavy atom. The molecule has 11 heteroatoms. The van der Waals surface area contributed by atoms with E-state index in [4.69, 9.17) is 10.6 Å². The summed E-state index contributed by atoms with van der Waals surface area (Å²) < 4.78 is 35.3. The van der Waals surface area contributed by atoms with Gasteiger partial charge in [0.2, 0.25) is 11.1 Å². The molecule has 3 rings (SSSR count). The summed E-state index contributed by atoms with van der Waals surface area (Å²) in [6.45, 7) is 1.10. The number of nitrogens with zero attached hydrogens (tertiary/aromatic N) is 4. The maximum atomic E-state index is 12.5. The van der Waals surface area contributed by atoms with Crippen LogP contribution in [-0.4, -0.2) is 63.8 Å². The van der Waals surface area contributed by atoms with Gasteiger partial charge in [0.25, 0.3) is 0 Å². The van der Waals surface area contributed by atoms with Crippen LogP contribution < -0.4 is 10.6 Å². The number of alkyl halides is 2. The van der Waals surface area contributed by atoms with E-state index < -0.39 is 6.61 Å². The summed E-state index contributed by atoms with van der Waals surface area (Å²) in [4.78, 5) is 14.2. The molecule has 2 heterocycles. The monoisotopic (exact) mass is 399 g/mol. The molecule has 8 nitrogen and oxygen atoms in total. The van der Waals surface area contributed by atoms with Gasteiger partial charge in [0.05, 0.1) is 18.5 Å². The predicted molar refractivity (Wildman–Crippen MR) is 95.0 cm³/mol. The number of aromatic nitrogens is 3. The SMILES string of the molecule is CC(Sc1nnc(-c2ccc(OC(F)F)cc2)n1N)C(=O)N1CCOCC1. The van der Waals surface area contributed by atoms with Crippen molar-refractivity contribution in [2.45, 2.75) is 23.9 Å². The van der Waals surface area contributed by atoms with Crippen molar-refractivity contribution in [2.24, 2.45) is 0 Å². The van der Waals surface area contributed by atoms with Gasteiger partial charge in [-0.05, 0) is 31.2 Å². The third-order valence-corrected chi connectivity index (χ3v) is 5.00. The van der Waals surface area contributed by atoms with Crippen LogP contribution in [0.5, 0.6) is 5.75 Å². The number of nitrogen functional groups attached to an aromatic ring is 1. The van der Waals surface area contributed by atoms with Gasteiger partial charge >= 0.3 is 6.61 Å². The topological polar surface area (TPSA) is 95.5 Å². The van der Waals surface area contributed by atoms with E-state index in [0.717, 1.165) is 0 Å². The van der Waals surface area contributed by atoms with Crippen molar-refractivity contribution in [2.75, 3.05) is 32.1 Å². The highest BCUT2D eigenvalue weighted by Gasteiger charge is 2.25. The Morgan fingerprint density at radius 3 is 2.56 bits per heavy atom. The number of halogens is 2. The van der Waals surface area contributed by atoms with Crippen LogP contribution >= 0.6 is 11.8 Å². The number of carbonyl (C=O) groups excluding carboxylic acids is 1. The fourth-order valence-electron chi connectivity index (χ4n) is 2.59. The van der Waals surface area contributed by atoms with E-state index in [1.165, 1.54) is 28.6 Å². The maximum absolute atomic E-state index is 12.5. The van der Waals surface area contributed by atoms with E-state index in [2.05, 4.69) is 14.9 Å². The number of carbonyl (C=O) groups is 1. The molecule has 0 spiro atoms. The molecule has 1 amide bonds. The molecular weight excluding hydrogens is 380 g/mol. The number of nitrogens with two attached hydrogens (primary N) is 1. The van der Waals surface area contributed by atoms with Gasteiger partial charge in [-0.25, -0.2) is 4.68 Å². The number of morpholine rings is 1. The molecule has 146 valence electrons. The molecular formula is C16H19F2N5O3S. The van der Waals surface area contributed by atoms with Crippen molar-refractivity contribution >= 4 is 17.7 Å². The third-order valence-electron chi connectivity index (χ3n) is 3.95. The number of amides is 1. The largest absolute Gasteiger partial charge is 0.435 e. The minimum Gasteiger partial charge on any atom is -0.435 e. The number of rotatable bonds is 6. The van der Waals surface area contributed by atoms with Gasteiger partial charge in [-0.15, -0.1) is 10.2 Å². The molecule has 1 aliphatic heterocycles. The molecule has 0 bridgehead atoms. The lowest BCUT2D eigenvalue weighted by Gasteiger charge is -2.28. The Kier molecular flexibility index (Phi) is 6.11. The predicted octanol–water partition coefficient (Wildman–Crippen LogP) is 1.60. The Hall–Kier alpha value is -2.40. The van der Waals surface area contributed by atoms with Crippen LogP contribution in [0.25, 0.3) is 11.4 Å². The highest BCUT2D eigenvalue weighted by molar-refractivity contribution is 8.00. The number of benzene rings is 1. The zero-order valence-electron chi connectivity index (χ0n) is 14.5. The van der Waals surface area contributed by atoms with Crippen molar-refractivity contribution in [3.05, 3.63) is 24.3 Å². The lowest BCUT2D eigenvalue weighted by molar-refractivity contribution is -0.134. The van der Waals surface area contributed by atoms with E-state index in [1.54, 1.807) is 24.0 Å². The maximum Gasteiger partial charge on any atom is 0.387 e. The average molecular weight is 399 g/mol. The van der Waals surface area contributed by atoms with Crippen molar-refractivity contribution in [1.82, 2.24) is 19.8 Å². The highest BCUT2D eigenvalue weighted by atomic mass is 32.2. The number of hydrogen-bond acceptors (Lipinski definition) is 7. The van der Waals surface area contributed by atoms with Crippen LogP contribution in [0, 0.1) is 0 Å². The van der Waals surface area contributed by atoms with E-state index in [9.17, 15) is 13.6 Å². The first-order chi connectivity index (χ1) is 13.0. The third kappa shape index (κ3) is 4.66. The minimum absolute atomic E-state index is 0.0126. The molecule has 1 atom stereocenters. The fraction of sp³-hybridized carbons (Fsp3) is 0.438. The van der Waals surface area contributed by atoms with Crippen molar-refractivity contribution in [1.29, 1.82) is 0 Å². The first-order valence-corrected chi connectivity index (χ1v) is 9.12. The van der Waals surface area contributed by atoms with Gasteiger partial charge in [-0.3, -0.25) is 4.79 Å². The first kappa shape index (κ1) is 19.4. The molecule has 0 saturated carbocycles. The summed E-state index contributed by atoms with van der Waals surface area (Å²) in [5, 5.41) is 8.07. The molecule has 1 fully saturated rings. The summed E-state index contributed by atoms with van der Waals surface area (Å²) in [5.74, 6) is 6.44. The summed E-state index contributed by atoms with van der Waals surface area (Å²) >= 11 is 1.21. The van der Waals surface area contributed by atoms with Gasteiger partial charge in [0.15, 0.2) is 5.82 Å². The van der Waals surface area contributed by atoms with Crippen LogP contribution in [0.1, 0.15) is 6.92 Å². The Morgan fingerprint density at radius 1 is 1.26 bits per heavy atom. The van der Waals surface area contributed by atoms with Crippen LogP contribution in [0.15, 0.2) is 29.4 Å². The quantitative estimate of drug-likeness (QED) is 0.582. The molecule has 1 unspecified atom stereocenters. The van der Waals surface area contributed by atoms with Gasteiger partial charge < -0.3 is 20.2 Å². The lowest BCUT2D eigenvalue weighted by atomic mass is 10.2. The van der Waals surface area contributed by atoms with Crippen LogP contribution in [-0.2, 0) is 9.53 Å². The van der Waals surface area contributed by atoms with E-state index in [0.29, 0.717) is 42.8 Å². The second-order valence-electron chi connectivity index (χ2n) is 5.78. The Balaban J connectivity index is 1.68. The summed E-state index contributed by atoms with van der Waals surface area (Å²) in [6.07, 6.45) is 0. The normalized spacial score (nSPS) is 15.8. The van der Waals surface area contributed by atoms with Crippen LogP contribution in [0.3, 0.4) is 0 Å². The van der Waals surface area contributed by atoms with E-state index in [1.807, 2.05) is 0 Å². The number of thioether (sulfide) groups is 1. The average Bonchev–Trinajstić information content (AvgIpc) is 3.02. The molecule has 1 aliphatic rings. The number of hydrogen-bond donors (Lipinski definition) is 1. The molecule has 2 N–H and O–H groups in total. The lowest BCUT2D eigenvalue weighted by Crippen LogP contribution is -2.44. The molecule has 1 aromatic carbocycles. The molecule has 1 aromatic heterocycles. The van der Waals surface area contributed by atoms with E-state index >= 15 is 0 Å². The standard InChI is InChI=1S/C16H19F2N5O3S/c1-10(14(24)22-6-8-25-9-7-22)27-16-21-20-13(23(16)19)11-2-4-12(5-3-11)26-15(17)18/h2-5,10,15H,6-9,19H2,1H3. The second kappa shape index (κ2) is 8.53. The Bertz CT molecular complexity index is 781. The molecule has 1 saturated heterocycles. The second-order valence-corrected chi connectivity index (χ2v) is 7.08. The molecule has 27 heavy (non-hydrogen) atoms. The van der Waals surface area contributed by atoms with Crippen molar-refractivity contribution in [3.8, 4) is 17.1 Å². The number of ether oxygens (including phenoxy) is 2. The molecule has 2 aromatic rings. The fourth-order valence-corrected chi connectivity index (χ4v) is 3.44. The van der Waals surface area contributed by atoms with Crippen LogP contribution in [0.4, 0.5) is 8.78 Å². The zero-order valence-corrected chi connectivity index (χ0v) is 15.4. The van der Waals surface area contributed by atoms with E-state index in [-0.39, 0.29) is 16.9 Å². The summed E-state index contributed by atoms with van der Waals surface area (Å²) in [7, 11) is 0. The van der Waals surface area contributed by atoms with Crippen molar-refractivity contribution < 1.29 is 23.0 Å². The summed E-state index contributed by atoms with van der Waals surface area (Å²) in [6, 6.07) is 5.91.